The lowest BCUT2D eigenvalue weighted by atomic mass is 9.81. The van der Waals surface area contributed by atoms with Gasteiger partial charge in [0.1, 0.15) is 0 Å². The number of hydrogen-bond donors (Lipinski definition) is 1. The number of rotatable bonds is 7. The van der Waals surface area contributed by atoms with Gasteiger partial charge in [-0.25, -0.2) is 0 Å². The second kappa shape index (κ2) is 6.72. The zero-order valence-electron chi connectivity index (χ0n) is 11.9. The minimum atomic E-state index is -0.263. The molecule has 0 aromatic carbocycles. The summed E-state index contributed by atoms with van der Waals surface area (Å²) in [7, 11) is 1.72. The van der Waals surface area contributed by atoms with Crippen molar-refractivity contribution in [1.29, 1.82) is 0 Å². The van der Waals surface area contributed by atoms with E-state index in [4.69, 9.17) is 4.74 Å². The molecule has 1 rings (SSSR count). The maximum Gasteiger partial charge on any atom is 0.0747 e. The highest BCUT2D eigenvalue weighted by atomic mass is 16.5. The van der Waals surface area contributed by atoms with Gasteiger partial charge in [0.25, 0.3) is 0 Å². The van der Waals surface area contributed by atoms with Gasteiger partial charge in [-0.2, -0.15) is 0 Å². The molecule has 3 atom stereocenters. The summed E-state index contributed by atoms with van der Waals surface area (Å²) in [6.07, 6.45) is 4.22. The smallest absolute Gasteiger partial charge is 0.0747 e. The molecule has 3 nitrogen and oxygen atoms in total. The molecule has 3 unspecified atom stereocenters. The van der Waals surface area contributed by atoms with E-state index < -0.39 is 0 Å². The molecule has 0 amide bonds. The van der Waals surface area contributed by atoms with E-state index in [0.29, 0.717) is 5.92 Å². The summed E-state index contributed by atoms with van der Waals surface area (Å²) in [5.74, 6) is 0.292. The van der Waals surface area contributed by atoms with Gasteiger partial charge in [-0.15, -0.1) is 0 Å². The van der Waals surface area contributed by atoms with E-state index >= 15 is 0 Å². The van der Waals surface area contributed by atoms with Crippen molar-refractivity contribution in [3.8, 4) is 0 Å². The Morgan fingerprint density at radius 3 is 2.41 bits per heavy atom. The minimum Gasteiger partial charge on any atom is -0.391 e. The molecule has 0 bridgehead atoms. The summed E-state index contributed by atoms with van der Waals surface area (Å²) in [5.41, 5.74) is -0.0658. The first-order chi connectivity index (χ1) is 8.06. The molecule has 0 spiro atoms. The van der Waals surface area contributed by atoms with Gasteiger partial charge in [0.2, 0.25) is 0 Å². The molecule has 1 aliphatic rings. The lowest BCUT2D eigenvalue weighted by Crippen LogP contribution is -2.55. The molecule has 17 heavy (non-hydrogen) atoms. The molecule has 0 radical (unpaired) electrons. The third-order valence-electron chi connectivity index (χ3n) is 4.50. The summed E-state index contributed by atoms with van der Waals surface area (Å²) in [5, 5.41) is 10.6. The van der Waals surface area contributed by atoms with Crippen LogP contribution in [0.3, 0.4) is 0 Å². The molecule has 0 aromatic rings. The van der Waals surface area contributed by atoms with Gasteiger partial charge in [-0.1, -0.05) is 13.8 Å². The van der Waals surface area contributed by atoms with Gasteiger partial charge in [-0.05, 0) is 51.6 Å². The summed E-state index contributed by atoms with van der Waals surface area (Å²) < 4.78 is 5.11. The predicted molar refractivity (Wildman–Crippen MR) is 71.2 cm³/mol. The topological polar surface area (TPSA) is 32.7 Å². The molecule has 1 aliphatic heterocycles. The largest absolute Gasteiger partial charge is 0.391 e. The molecule has 0 aliphatic carbocycles. The summed E-state index contributed by atoms with van der Waals surface area (Å²) in [4.78, 5) is 2.47. The van der Waals surface area contributed by atoms with E-state index in [1.807, 2.05) is 0 Å². The monoisotopic (exact) mass is 243 g/mol. The highest BCUT2D eigenvalue weighted by molar-refractivity contribution is 4.95. The number of aliphatic hydroxyl groups is 1. The fourth-order valence-electron chi connectivity index (χ4n) is 2.92. The molecule has 102 valence electrons. The molecular formula is C14H29NO2. The number of likely N-dealkylation sites (tertiary alicyclic amines) is 1. The fraction of sp³-hybridized carbons (Fsp3) is 1.00. The quantitative estimate of drug-likeness (QED) is 0.744. The predicted octanol–water partition coefficient (Wildman–Crippen LogP) is 2.28. The lowest BCUT2D eigenvalue weighted by molar-refractivity contribution is -0.0469. The molecule has 1 fully saturated rings. The van der Waals surface area contributed by atoms with Crippen molar-refractivity contribution in [2.24, 2.45) is 5.92 Å². The number of aliphatic hydroxyl groups excluding tert-OH is 1. The van der Waals surface area contributed by atoms with Gasteiger partial charge in [0, 0.05) is 19.3 Å². The third kappa shape index (κ3) is 3.43. The van der Waals surface area contributed by atoms with Crippen LogP contribution >= 0.6 is 0 Å². The number of hydrogen-bond acceptors (Lipinski definition) is 3. The van der Waals surface area contributed by atoms with Crippen LogP contribution in [0.4, 0.5) is 0 Å². The fourth-order valence-corrected chi connectivity index (χ4v) is 2.92. The standard InChI is InChI=1S/C14H29NO2/c1-5-14(3,15-9-6-7-10-15)13(16)12(2)8-11-17-4/h12-13,16H,5-11H2,1-4H3. The Bertz CT molecular complexity index is 216. The minimum absolute atomic E-state index is 0.0658. The van der Waals surface area contributed by atoms with Gasteiger partial charge in [0.15, 0.2) is 0 Å². The highest BCUT2D eigenvalue weighted by Crippen LogP contribution is 2.32. The van der Waals surface area contributed by atoms with E-state index in [9.17, 15) is 5.11 Å². The Balaban J connectivity index is 2.63. The molecule has 1 N–H and O–H groups in total. The van der Waals surface area contributed by atoms with E-state index in [2.05, 4.69) is 25.7 Å². The highest BCUT2D eigenvalue weighted by Gasteiger charge is 2.40. The Morgan fingerprint density at radius 1 is 1.35 bits per heavy atom. The third-order valence-corrected chi connectivity index (χ3v) is 4.50. The Labute approximate surface area is 106 Å². The Morgan fingerprint density at radius 2 is 1.94 bits per heavy atom. The van der Waals surface area contributed by atoms with Crippen LogP contribution in [-0.2, 0) is 4.74 Å². The van der Waals surface area contributed by atoms with Crippen molar-refractivity contribution in [2.75, 3.05) is 26.8 Å². The Kier molecular flexibility index (Phi) is 5.90. The molecule has 3 heteroatoms. The first-order valence-corrected chi connectivity index (χ1v) is 6.98. The van der Waals surface area contributed by atoms with Crippen LogP contribution in [-0.4, -0.2) is 48.5 Å². The number of nitrogens with zero attached hydrogens (tertiary/aromatic N) is 1. The van der Waals surface area contributed by atoms with E-state index in [1.165, 1.54) is 12.8 Å². The second-order valence-electron chi connectivity index (χ2n) is 5.61. The first-order valence-electron chi connectivity index (χ1n) is 6.98. The van der Waals surface area contributed by atoms with Crippen molar-refractivity contribution in [2.45, 2.75) is 58.1 Å². The zero-order valence-corrected chi connectivity index (χ0v) is 11.9. The maximum atomic E-state index is 10.6. The average molecular weight is 243 g/mol. The first kappa shape index (κ1) is 14.9. The van der Waals surface area contributed by atoms with Gasteiger partial charge in [-0.3, -0.25) is 4.90 Å². The van der Waals surface area contributed by atoms with E-state index in [1.54, 1.807) is 7.11 Å². The van der Waals surface area contributed by atoms with Crippen molar-refractivity contribution < 1.29 is 9.84 Å². The normalized spacial score (nSPS) is 24.5. The van der Waals surface area contributed by atoms with Crippen molar-refractivity contribution >= 4 is 0 Å². The van der Waals surface area contributed by atoms with Crippen LogP contribution in [0.25, 0.3) is 0 Å². The van der Waals surface area contributed by atoms with E-state index in [-0.39, 0.29) is 11.6 Å². The number of methoxy groups -OCH3 is 1. The summed E-state index contributed by atoms with van der Waals surface area (Å²) in [6, 6.07) is 0. The van der Waals surface area contributed by atoms with Crippen LogP contribution < -0.4 is 0 Å². The van der Waals surface area contributed by atoms with Crippen molar-refractivity contribution in [3.63, 3.8) is 0 Å². The van der Waals surface area contributed by atoms with Gasteiger partial charge < -0.3 is 9.84 Å². The van der Waals surface area contributed by atoms with Crippen molar-refractivity contribution in [3.05, 3.63) is 0 Å². The average Bonchev–Trinajstić information content (AvgIpc) is 2.88. The molecule has 0 saturated carbocycles. The number of ether oxygens (including phenoxy) is 1. The van der Waals surface area contributed by atoms with Crippen LogP contribution in [0.1, 0.15) is 46.5 Å². The lowest BCUT2D eigenvalue weighted by Gasteiger charge is -2.44. The van der Waals surface area contributed by atoms with Crippen LogP contribution in [0.5, 0.6) is 0 Å². The zero-order chi connectivity index (χ0) is 12.9. The van der Waals surface area contributed by atoms with Crippen molar-refractivity contribution in [1.82, 2.24) is 4.90 Å². The van der Waals surface area contributed by atoms with Gasteiger partial charge >= 0.3 is 0 Å². The van der Waals surface area contributed by atoms with Crippen LogP contribution in [0.15, 0.2) is 0 Å². The summed E-state index contributed by atoms with van der Waals surface area (Å²) in [6.45, 7) is 9.54. The van der Waals surface area contributed by atoms with E-state index in [0.717, 1.165) is 32.5 Å². The SMILES string of the molecule is CCC(C)(C(O)C(C)CCOC)N1CCCC1. The molecule has 1 heterocycles. The molecular weight excluding hydrogens is 214 g/mol. The van der Waals surface area contributed by atoms with Crippen LogP contribution in [0, 0.1) is 5.92 Å². The van der Waals surface area contributed by atoms with Gasteiger partial charge in [0.05, 0.1) is 6.10 Å². The molecule has 0 aromatic heterocycles. The maximum absolute atomic E-state index is 10.6. The summed E-state index contributed by atoms with van der Waals surface area (Å²) >= 11 is 0. The second-order valence-corrected chi connectivity index (χ2v) is 5.61. The van der Waals surface area contributed by atoms with Crippen LogP contribution in [0.2, 0.25) is 0 Å². The molecule has 1 saturated heterocycles. The Hall–Kier alpha value is -0.120.